The van der Waals surface area contributed by atoms with Crippen LogP contribution in [0, 0.1) is 0 Å². The van der Waals surface area contributed by atoms with Crippen LogP contribution in [0.1, 0.15) is 24.3 Å². The van der Waals surface area contributed by atoms with Crippen LogP contribution in [-0.2, 0) is 11.5 Å². The molecule has 0 N–H and O–H groups in total. The molecule has 21 heavy (non-hydrogen) atoms. The number of fused-ring (bicyclic) bond motifs is 1. The molecule has 1 saturated carbocycles. The Morgan fingerprint density at radius 3 is 2.76 bits per heavy atom. The van der Waals surface area contributed by atoms with Crippen molar-refractivity contribution in [1.82, 2.24) is 9.78 Å². The topological polar surface area (TPSA) is 27.1 Å². The molecule has 2 aromatic rings. The van der Waals surface area contributed by atoms with Crippen LogP contribution in [0.25, 0.3) is 10.9 Å². The van der Waals surface area contributed by atoms with Gasteiger partial charge in [-0.05, 0) is 42.5 Å². The predicted molar refractivity (Wildman–Crippen MR) is 90.8 cm³/mol. The van der Waals surface area contributed by atoms with Gasteiger partial charge in [0.2, 0.25) is 0 Å². The van der Waals surface area contributed by atoms with Gasteiger partial charge in [0, 0.05) is 25.1 Å². The van der Waals surface area contributed by atoms with Crippen LogP contribution >= 0.6 is 11.6 Å². The first kappa shape index (κ1) is 15.1. The second-order valence-electron chi connectivity index (χ2n) is 7.20. The summed E-state index contributed by atoms with van der Waals surface area (Å²) < 4.78 is 7.69. The van der Waals surface area contributed by atoms with Crippen LogP contribution in [-0.4, -0.2) is 24.5 Å². The summed E-state index contributed by atoms with van der Waals surface area (Å²) in [5, 5.41) is 6.47. The lowest BCUT2D eigenvalue weighted by Crippen LogP contribution is -2.22. The van der Waals surface area contributed by atoms with E-state index in [0.29, 0.717) is 12.6 Å². The zero-order valence-corrected chi connectivity index (χ0v) is 14.8. The first-order valence-corrected chi connectivity index (χ1v) is 11.8. The van der Waals surface area contributed by atoms with Crippen LogP contribution in [0.3, 0.4) is 0 Å². The summed E-state index contributed by atoms with van der Waals surface area (Å²) in [6.07, 6.45) is 4.44. The number of nitrogens with zero attached hydrogens (tertiary/aromatic N) is 2. The van der Waals surface area contributed by atoms with Crippen molar-refractivity contribution in [3.8, 4) is 0 Å². The summed E-state index contributed by atoms with van der Waals surface area (Å²) in [4.78, 5) is 0. The molecule has 1 aromatic heterocycles. The van der Waals surface area contributed by atoms with E-state index in [1.807, 2.05) is 16.9 Å². The third-order valence-corrected chi connectivity index (χ3v) is 6.02. The smallest absolute Gasteiger partial charge is 0.139 e. The van der Waals surface area contributed by atoms with Gasteiger partial charge in [-0.25, -0.2) is 4.68 Å². The highest BCUT2D eigenvalue weighted by Crippen LogP contribution is 2.44. The molecule has 1 fully saturated rings. The first-order valence-electron chi connectivity index (χ1n) is 7.67. The van der Waals surface area contributed by atoms with Gasteiger partial charge in [0.1, 0.15) is 6.73 Å². The Bertz CT molecular complexity index is 643. The number of benzene rings is 1. The Kier molecular flexibility index (Phi) is 4.12. The molecule has 0 amide bonds. The number of hydrogen-bond donors (Lipinski definition) is 0. The summed E-state index contributed by atoms with van der Waals surface area (Å²) in [5.74, 6) is 0.665. The Labute approximate surface area is 132 Å². The van der Waals surface area contributed by atoms with Gasteiger partial charge in [-0.3, -0.25) is 0 Å². The Morgan fingerprint density at radius 1 is 1.33 bits per heavy atom. The zero-order chi connectivity index (χ0) is 15.0. The summed E-state index contributed by atoms with van der Waals surface area (Å²) in [6, 6.07) is 5.42. The highest BCUT2D eigenvalue weighted by atomic mass is 35.5. The van der Waals surface area contributed by atoms with Gasteiger partial charge in [-0.15, -0.1) is 0 Å². The molecular formula is C16H23ClN2OSi. The predicted octanol–water partition coefficient (Wildman–Crippen LogP) is 4.88. The van der Waals surface area contributed by atoms with Gasteiger partial charge < -0.3 is 4.74 Å². The van der Waals surface area contributed by atoms with Crippen molar-refractivity contribution in [3.05, 3.63) is 28.9 Å². The summed E-state index contributed by atoms with van der Waals surface area (Å²) in [5.41, 5.74) is 2.35. The van der Waals surface area contributed by atoms with Gasteiger partial charge in [0.05, 0.1) is 11.7 Å². The second kappa shape index (κ2) is 5.74. The molecule has 0 bridgehead atoms. The molecule has 0 unspecified atom stereocenters. The summed E-state index contributed by atoms with van der Waals surface area (Å²) in [6.45, 7) is 8.40. The Balaban J connectivity index is 1.70. The maximum atomic E-state index is 6.41. The number of halogens is 1. The molecule has 1 aromatic carbocycles. The molecule has 5 heteroatoms. The molecule has 3 nitrogen and oxygen atoms in total. The van der Waals surface area contributed by atoms with E-state index in [9.17, 15) is 0 Å². The van der Waals surface area contributed by atoms with E-state index in [2.05, 4.69) is 30.8 Å². The fraction of sp³-hybridized carbons (Fsp3) is 0.562. The van der Waals surface area contributed by atoms with Crippen molar-refractivity contribution in [2.24, 2.45) is 0 Å². The fourth-order valence-corrected chi connectivity index (χ4v) is 3.53. The average molecular weight is 323 g/mol. The first-order chi connectivity index (χ1) is 9.94. The maximum absolute atomic E-state index is 6.41. The van der Waals surface area contributed by atoms with Crippen molar-refractivity contribution >= 4 is 30.6 Å². The Morgan fingerprint density at radius 2 is 2.10 bits per heavy atom. The van der Waals surface area contributed by atoms with Crippen LogP contribution in [0.15, 0.2) is 18.3 Å². The number of aromatic nitrogens is 2. The molecule has 0 radical (unpaired) electrons. The van der Waals surface area contributed by atoms with E-state index in [1.54, 1.807) is 0 Å². The van der Waals surface area contributed by atoms with Gasteiger partial charge in [-0.2, -0.15) is 5.10 Å². The Hall–Kier alpha value is -0.843. The van der Waals surface area contributed by atoms with Crippen LogP contribution < -0.4 is 0 Å². The SMILES string of the molecule is C[Si](C)(C)CCOCn1ncc2cc(C3CC3)c(Cl)cc21. The molecule has 114 valence electrons. The third kappa shape index (κ3) is 3.68. The monoisotopic (exact) mass is 322 g/mol. The van der Waals surface area contributed by atoms with E-state index in [-0.39, 0.29) is 0 Å². The minimum absolute atomic E-state index is 0.507. The molecule has 1 heterocycles. The third-order valence-electron chi connectivity index (χ3n) is 3.99. The molecule has 0 atom stereocenters. The second-order valence-corrected chi connectivity index (χ2v) is 13.2. The van der Waals surface area contributed by atoms with Crippen molar-refractivity contribution in [1.29, 1.82) is 0 Å². The normalized spacial score (nSPS) is 15.8. The standard InChI is InChI=1S/C16H23ClN2OSi/c1-21(2,3)7-6-20-11-19-16-9-15(17)14(12-4-5-12)8-13(16)10-18-19/h8-10,12H,4-7,11H2,1-3H3. The summed E-state index contributed by atoms with van der Waals surface area (Å²) >= 11 is 6.41. The molecule has 1 aliphatic carbocycles. The largest absolute Gasteiger partial charge is 0.360 e. The average Bonchev–Trinajstić information content (AvgIpc) is 3.16. The molecule has 0 saturated heterocycles. The van der Waals surface area contributed by atoms with Crippen molar-refractivity contribution in [2.75, 3.05) is 6.61 Å². The van der Waals surface area contributed by atoms with E-state index in [0.717, 1.165) is 22.5 Å². The lowest BCUT2D eigenvalue weighted by Gasteiger charge is -2.15. The summed E-state index contributed by atoms with van der Waals surface area (Å²) in [7, 11) is -1.03. The van der Waals surface area contributed by atoms with Gasteiger partial charge >= 0.3 is 0 Å². The van der Waals surface area contributed by atoms with Gasteiger partial charge in [-0.1, -0.05) is 31.2 Å². The molecular weight excluding hydrogens is 300 g/mol. The minimum Gasteiger partial charge on any atom is -0.360 e. The van der Waals surface area contributed by atoms with E-state index in [4.69, 9.17) is 16.3 Å². The van der Waals surface area contributed by atoms with Crippen molar-refractivity contribution in [2.45, 2.75) is 51.2 Å². The van der Waals surface area contributed by atoms with Crippen LogP contribution in [0.2, 0.25) is 30.7 Å². The van der Waals surface area contributed by atoms with Crippen molar-refractivity contribution in [3.63, 3.8) is 0 Å². The van der Waals surface area contributed by atoms with Gasteiger partial charge in [0.15, 0.2) is 0 Å². The van der Waals surface area contributed by atoms with E-state index in [1.165, 1.54) is 24.4 Å². The van der Waals surface area contributed by atoms with E-state index < -0.39 is 8.07 Å². The quantitative estimate of drug-likeness (QED) is 0.560. The zero-order valence-electron chi connectivity index (χ0n) is 13.0. The lowest BCUT2D eigenvalue weighted by atomic mass is 10.1. The highest BCUT2D eigenvalue weighted by Gasteiger charge is 2.26. The maximum Gasteiger partial charge on any atom is 0.139 e. The van der Waals surface area contributed by atoms with Gasteiger partial charge in [0.25, 0.3) is 0 Å². The van der Waals surface area contributed by atoms with Crippen LogP contribution in [0.4, 0.5) is 0 Å². The molecule has 1 aliphatic rings. The van der Waals surface area contributed by atoms with Crippen LogP contribution in [0.5, 0.6) is 0 Å². The number of hydrogen-bond acceptors (Lipinski definition) is 2. The fourth-order valence-electron chi connectivity index (χ4n) is 2.46. The van der Waals surface area contributed by atoms with E-state index >= 15 is 0 Å². The number of rotatable bonds is 6. The molecule has 3 rings (SSSR count). The minimum atomic E-state index is -1.03. The van der Waals surface area contributed by atoms with Crippen molar-refractivity contribution < 1.29 is 4.74 Å². The number of ether oxygens (including phenoxy) is 1. The highest BCUT2D eigenvalue weighted by molar-refractivity contribution is 6.76. The lowest BCUT2D eigenvalue weighted by molar-refractivity contribution is 0.0817. The molecule has 0 spiro atoms. The molecule has 0 aliphatic heterocycles.